The molecule has 0 atom stereocenters. The van der Waals surface area contributed by atoms with E-state index in [1.165, 1.54) is 16.7 Å². The molecule has 5 rings (SSSR count). The number of benzene rings is 3. The van der Waals surface area contributed by atoms with E-state index < -0.39 is 0 Å². The summed E-state index contributed by atoms with van der Waals surface area (Å²) in [4.78, 5) is 27.9. The highest BCUT2D eigenvalue weighted by molar-refractivity contribution is 8.18. The second-order valence-corrected chi connectivity index (χ2v) is 11.0. The first kappa shape index (κ1) is 29.2. The van der Waals surface area contributed by atoms with Gasteiger partial charge in [-0.25, -0.2) is 0 Å². The average Bonchev–Trinajstić information content (AvgIpc) is 3.59. The Morgan fingerprint density at radius 3 is 2.57 bits per heavy atom. The van der Waals surface area contributed by atoms with Crippen molar-refractivity contribution in [2.75, 3.05) is 11.9 Å². The van der Waals surface area contributed by atoms with Crippen molar-refractivity contribution >= 4 is 69.9 Å². The van der Waals surface area contributed by atoms with Crippen molar-refractivity contribution in [3.05, 3.63) is 123 Å². The molecule has 3 aromatic carbocycles. The van der Waals surface area contributed by atoms with Gasteiger partial charge in [0.2, 0.25) is 0 Å². The number of nitrogens with one attached hydrogen (secondary N) is 1. The van der Waals surface area contributed by atoms with Crippen LogP contribution in [0.2, 0.25) is 10.0 Å². The summed E-state index contributed by atoms with van der Waals surface area (Å²) in [6.45, 7) is 1.91. The van der Waals surface area contributed by atoms with Crippen LogP contribution < -0.4 is 10.1 Å². The molecule has 8 nitrogen and oxygen atoms in total. The molecule has 1 aliphatic heterocycles. The van der Waals surface area contributed by atoms with Crippen LogP contribution >= 0.6 is 35.0 Å². The quantitative estimate of drug-likeness (QED) is 0.120. The molecule has 2 heterocycles. The molecule has 1 fully saturated rings. The first-order valence-electron chi connectivity index (χ1n) is 12.7. The van der Waals surface area contributed by atoms with Crippen LogP contribution in [0.3, 0.4) is 0 Å². The van der Waals surface area contributed by atoms with Crippen LogP contribution in [-0.4, -0.2) is 34.7 Å². The second kappa shape index (κ2) is 13.6. The lowest BCUT2D eigenvalue weighted by molar-refractivity contribution is -0.122. The van der Waals surface area contributed by atoms with Crippen molar-refractivity contribution in [3.8, 4) is 5.75 Å². The van der Waals surface area contributed by atoms with Crippen LogP contribution in [0.5, 0.6) is 5.75 Å². The number of amides is 2. The van der Waals surface area contributed by atoms with Crippen LogP contribution in [0.4, 0.5) is 5.69 Å². The first-order chi connectivity index (χ1) is 20.4. The van der Waals surface area contributed by atoms with Crippen molar-refractivity contribution in [2.24, 2.45) is 10.2 Å². The number of thioether (sulfide) groups is 1. The van der Waals surface area contributed by atoms with Crippen molar-refractivity contribution in [1.82, 2.24) is 4.90 Å². The molecule has 1 aromatic heterocycles. The minimum Gasteiger partial charge on any atom is -0.483 e. The van der Waals surface area contributed by atoms with Crippen LogP contribution in [0.25, 0.3) is 6.08 Å². The molecule has 0 aliphatic carbocycles. The number of anilines is 1. The van der Waals surface area contributed by atoms with Crippen LogP contribution in [0.1, 0.15) is 22.5 Å². The number of furan rings is 1. The van der Waals surface area contributed by atoms with Crippen molar-refractivity contribution in [2.45, 2.75) is 13.5 Å². The molecule has 1 N–H and O–H groups in total. The predicted molar refractivity (Wildman–Crippen MR) is 168 cm³/mol. The number of halogens is 2. The van der Waals surface area contributed by atoms with Crippen molar-refractivity contribution in [1.29, 1.82) is 0 Å². The largest absolute Gasteiger partial charge is 0.483 e. The summed E-state index contributed by atoms with van der Waals surface area (Å²) < 4.78 is 11.3. The van der Waals surface area contributed by atoms with Gasteiger partial charge >= 0.3 is 0 Å². The van der Waals surface area contributed by atoms with Gasteiger partial charge in [-0.2, -0.15) is 5.10 Å². The Labute approximate surface area is 256 Å². The van der Waals surface area contributed by atoms with Gasteiger partial charge in [0.25, 0.3) is 11.8 Å². The number of carbonyl (C=O) groups excluding carboxylic acids is 2. The van der Waals surface area contributed by atoms with Crippen molar-refractivity contribution in [3.63, 3.8) is 0 Å². The number of rotatable bonds is 9. The molecule has 0 saturated carbocycles. The average molecular weight is 620 g/mol. The topological polar surface area (TPSA) is 96.5 Å². The van der Waals surface area contributed by atoms with Gasteiger partial charge in [0, 0.05) is 21.3 Å². The molecule has 11 heteroatoms. The Morgan fingerprint density at radius 2 is 1.81 bits per heavy atom. The lowest BCUT2D eigenvalue weighted by Gasteiger charge is -2.13. The fourth-order valence-corrected chi connectivity index (χ4v) is 5.16. The number of carbonyl (C=O) groups is 2. The molecular formula is C31H24Cl2N4O4S. The highest BCUT2D eigenvalue weighted by atomic mass is 35.5. The zero-order valence-electron chi connectivity index (χ0n) is 22.3. The summed E-state index contributed by atoms with van der Waals surface area (Å²) in [5, 5.41) is 12.8. The Balaban J connectivity index is 1.37. The molecule has 2 amide bonds. The van der Waals surface area contributed by atoms with Crippen LogP contribution in [0, 0.1) is 6.92 Å². The van der Waals surface area contributed by atoms with Gasteiger partial charge in [-0.15, -0.1) is 5.10 Å². The maximum absolute atomic E-state index is 13.5. The SMILES string of the molecule is Cc1ccccc1/C=N/N=C1\S/C(=C\c2cc(Cl)ccc2OCC(=O)Nc2ccc(Cl)cc2)C(=O)N1Cc1ccco1. The minimum atomic E-state index is -0.359. The number of aryl methyl sites for hydroxylation is 1. The fourth-order valence-electron chi connectivity index (χ4n) is 3.93. The van der Waals surface area contributed by atoms with Gasteiger partial charge in [0.15, 0.2) is 11.8 Å². The third-order valence-electron chi connectivity index (χ3n) is 6.06. The fraction of sp³-hybridized carbons (Fsp3) is 0.0968. The van der Waals surface area contributed by atoms with Gasteiger partial charge in [0.1, 0.15) is 11.5 Å². The standard InChI is InChI=1S/C31H24Cl2N4O4S/c1-20-5-2-3-6-21(20)17-34-36-31-37(18-26-7-4-14-40-26)30(39)28(42-31)16-22-15-24(33)10-13-27(22)41-19-29(38)35-25-11-8-23(32)9-12-25/h2-17H,18-19H2,1H3,(H,35,38)/b28-16-,34-17+,36-31-. The van der Waals surface area contributed by atoms with E-state index in [4.69, 9.17) is 32.4 Å². The Kier molecular flexibility index (Phi) is 9.43. The molecular weight excluding hydrogens is 595 g/mol. The number of ether oxygens (including phenoxy) is 1. The highest BCUT2D eigenvalue weighted by Crippen LogP contribution is 2.36. The molecule has 0 spiro atoms. The maximum Gasteiger partial charge on any atom is 0.267 e. The second-order valence-electron chi connectivity index (χ2n) is 9.09. The Hall–Kier alpha value is -4.31. The third-order valence-corrected chi connectivity index (χ3v) is 7.54. The Morgan fingerprint density at radius 1 is 1.02 bits per heavy atom. The lowest BCUT2D eigenvalue weighted by Crippen LogP contribution is -2.28. The normalized spacial score (nSPS) is 15.2. The number of nitrogens with zero attached hydrogens (tertiary/aromatic N) is 3. The van der Waals surface area contributed by atoms with Crippen LogP contribution in [-0.2, 0) is 16.1 Å². The summed E-state index contributed by atoms with van der Waals surface area (Å²) in [6.07, 6.45) is 4.86. The summed E-state index contributed by atoms with van der Waals surface area (Å²) in [5.74, 6) is 0.335. The zero-order valence-corrected chi connectivity index (χ0v) is 24.6. The first-order valence-corrected chi connectivity index (χ1v) is 14.3. The molecule has 4 aromatic rings. The number of hydrogen-bond donors (Lipinski definition) is 1. The van der Waals surface area contributed by atoms with E-state index in [1.807, 2.05) is 31.2 Å². The molecule has 1 aliphatic rings. The molecule has 0 unspecified atom stereocenters. The zero-order chi connectivity index (χ0) is 29.5. The minimum absolute atomic E-state index is 0.179. The van der Waals surface area contributed by atoms with E-state index in [9.17, 15) is 9.59 Å². The maximum atomic E-state index is 13.5. The molecule has 42 heavy (non-hydrogen) atoms. The lowest BCUT2D eigenvalue weighted by atomic mass is 10.1. The Bertz CT molecular complexity index is 1690. The smallest absolute Gasteiger partial charge is 0.267 e. The van der Waals surface area contributed by atoms with Gasteiger partial charge < -0.3 is 14.5 Å². The number of amidine groups is 1. The van der Waals surface area contributed by atoms with Gasteiger partial charge in [0.05, 0.1) is 23.9 Å². The summed E-state index contributed by atoms with van der Waals surface area (Å²) in [6, 6.07) is 23.0. The van der Waals surface area contributed by atoms with E-state index in [2.05, 4.69) is 15.5 Å². The van der Waals surface area contributed by atoms with E-state index >= 15 is 0 Å². The van der Waals surface area contributed by atoms with E-state index in [-0.39, 0.29) is 25.0 Å². The third kappa shape index (κ3) is 7.50. The molecule has 0 radical (unpaired) electrons. The summed E-state index contributed by atoms with van der Waals surface area (Å²) in [5.41, 5.74) is 3.10. The summed E-state index contributed by atoms with van der Waals surface area (Å²) in [7, 11) is 0. The van der Waals surface area contributed by atoms with Crippen LogP contribution in [0.15, 0.2) is 105 Å². The highest BCUT2D eigenvalue weighted by Gasteiger charge is 2.34. The van der Waals surface area contributed by atoms with E-state index in [0.717, 1.165) is 11.1 Å². The van der Waals surface area contributed by atoms with Gasteiger partial charge in [-0.05, 0) is 90.5 Å². The van der Waals surface area contributed by atoms with Gasteiger partial charge in [-0.3, -0.25) is 14.5 Å². The van der Waals surface area contributed by atoms with E-state index in [1.54, 1.807) is 73.2 Å². The number of hydrogen-bond acceptors (Lipinski definition) is 7. The van der Waals surface area contributed by atoms with E-state index in [0.29, 0.717) is 42.9 Å². The molecule has 0 bridgehead atoms. The van der Waals surface area contributed by atoms with Crippen molar-refractivity contribution < 1.29 is 18.7 Å². The predicted octanol–water partition coefficient (Wildman–Crippen LogP) is 7.42. The molecule has 212 valence electrons. The summed E-state index contributed by atoms with van der Waals surface area (Å²) >= 11 is 13.4. The molecule has 1 saturated heterocycles. The van der Waals surface area contributed by atoms with Gasteiger partial charge in [-0.1, -0.05) is 47.5 Å². The monoisotopic (exact) mass is 618 g/mol.